The number of methoxy groups -OCH3 is 2. The topological polar surface area (TPSA) is 62.3 Å². The monoisotopic (exact) mass is 289 g/mol. The van der Waals surface area contributed by atoms with E-state index in [1.165, 1.54) is 0 Å². The first-order valence-corrected chi connectivity index (χ1v) is 7.23. The Morgan fingerprint density at radius 3 is 2.52 bits per heavy atom. The number of aryl methyl sites for hydroxylation is 1. The minimum Gasteiger partial charge on any atom is -0.497 e. The molecule has 2 N–H and O–H groups in total. The zero-order valence-corrected chi connectivity index (χ0v) is 13.1. The molecule has 0 aliphatic carbocycles. The van der Waals surface area contributed by atoms with Crippen LogP contribution in [0.15, 0.2) is 18.2 Å². The van der Waals surface area contributed by atoms with E-state index in [4.69, 9.17) is 20.2 Å². The summed E-state index contributed by atoms with van der Waals surface area (Å²) in [5.41, 5.74) is 7.94. The van der Waals surface area contributed by atoms with Crippen LogP contribution >= 0.6 is 0 Å². The van der Waals surface area contributed by atoms with Gasteiger partial charge in [-0.15, -0.1) is 0 Å². The molecule has 2 aromatic rings. The summed E-state index contributed by atoms with van der Waals surface area (Å²) in [6.07, 6.45) is 1.86. The van der Waals surface area contributed by atoms with Gasteiger partial charge in [0.15, 0.2) is 0 Å². The Labute approximate surface area is 125 Å². The summed E-state index contributed by atoms with van der Waals surface area (Å²) in [6, 6.07) is 5.65. The van der Waals surface area contributed by atoms with Crippen LogP contribution in [0.3, 0.4) is 0 Å². The van der Waals surface area contributed by atoms with Crippen LogP contribution in [0.25, 0.3) is 11.3 Å². The molecule has 0 spiro atoms. The maximum atomic E-state index is 6.32. The molecule has 5 heteroatoms. The number of anilines is 1. The van der Waals surface area contributed by atoms with Crippen LogP contribution in [0.4, 0.5) is 5.82 Å². The zero-order valence-electron chi connectivity index (χ0n) is 13.1. The van der Waals surface area contributed by atoms with E-state index in [0.717, 1.165) is 48.0 Å². The third-order valence-electron chi connectivity index (χ3n) is 3.51. The maximum absolute atomic E-state index is 6.32. The number of imidazole rings is 1. The molecule has 0 atom stereocenters. The molecule has 114 valence electrons. The number of ether oxygens (including phenoxy) is 2. The second-order valence-corrected chi connectivity index (χ2v) is 4.83. The summed E-state index contributed by atoms with van der Waals surface area (Å²) < 4.78 is 12.8. The third kappa shape index (κ3) is 2.82. The standard InChI is InChI=1S/C16H23N3O2/c1-5-9-19-14(6-2)18-15(16(19)17)12-10-11(20-3)7-8-13(12)21-4/h7-8,10H,5-6,9,17H2,1-4H3. The lowest BCUT2D eigenvalue weighted by molar-refractivity contribution is 0.404. The maximum Gasteiger partial charge on any atom is 0.131 e. The molecule has 0 fully saturated rings. The van der Waals surface area contributed by atoms with E-state index in [1.54, 1.807) is 14.2 Å². The molecule has 5 nitrogen and oxygen atoms in total. The fraction of sp³-hybridized carbons (Fsp3) is 0.438. The number of hydrogen-bond donors (Lipinski definition) is 1. The van der Waals surface area contributed by atoms with Gasteiger partial charge in [0.25, 0.3) is 0 Å². The highest BCUT2D eigenvalue weighted by atomic mass is 16.5. The van der Waals surface area contributed by atoms with Gasteiger partial charge in [-0.25, -0.2) is 4.98 Å². The molecular weight excluding hydrogens is 266 g/mol. The average Bonchev–Trinajstić information content (AvgIpc) is 2.83. The molecule has 1 heterocycles. The van der Waals surface area contributed by atoms with Gasteiger partial charge in [0, 0.05) is 18.5 Å². The third-order valence-corrected chi connectivity index (χ3v) is 3.51. The summed E-state index contributed by atoms with van der Waals surface area (Å²) in [6.45, 7) is 5.08. The fourth-order valence-corrected chi connectivity index (χ4v) is 2.45. The molecular formula is C16H23N3O2. The van der Waals surface area contributed by atoms with E-state index in [2.05, 4.69) is 18.4 Å². The Morgan fingerprint density at radius 2 is 1.95 bits per heavy atom. The molecule has 0 amide bonds. The van der Waals surface area contributed by atoms with Gasteiger partial charge in [-0.1, -0.05) is 13.8 Å². The SMILES string of the molecule is CCCn1c(CC)nc(-c2cc(OC)ccc2OC)c1N. The first-order chi connectivity index (χ1) is 10.2. The minimum absolute atomic E-state index is 0.681. The van der Waals surface area contributed by atoms with E-state index in [0.29, 0.717) is 5.82 Å². The summed E-state index contributed by atoms with van der Waals surface area (Å²) in [7, 11) is 3.29. The lowest BCUT2D eigenvalue weighted by Gasteiger charge is -2.10. The number of nitrogens with two attached hydrogens (primary N) is 1. The van der Waals surface area contributed by atoms with Crippen molar-refractivity contribution in [3.8, 4) is 22.8 Å². The minimum atomic E-state index is 0.681. The number of rotatable bonds is 6. The molecule has 0 radical (unpaired) electrons. The lowest BCUT2D eigenvalue weighted by atomic mass is 10.1. The smallest absolute Gasteiger partial charge is 0.131 e. The predicted molar refractivity (Wildman–Crippen MR) is 84.8 cm³/mol. The Morgan fingerprint density at radius 1 is 1.19 bits per heavy atom. The van der Waals surface area contributed by atoms with Gasteiger partial charge in [-0.3, -0.25) is 0 Å². The first-order valence-electron chi connectivity index (χ1n) is 7.23. The Kier molecular flexibility index (Phi) is 4.73. The molecule has 0 saturated carbocycles. The van der Waals surface area contributed by atoms with Crippen molar-refractivity contribution >= 4 is 5.82 Å². The van der Waals surface area contributed by atoms with Crippen molar-refractivity contribution in [2.24, 2.45) is 0 Å². The first kappa shape index (κ1) is 15.2. The quantitative estimate of drug-likeness (QED) is 0.887. The van der Waals surface area contributed by atoms with Crippen molar-refractivity contribution in [1.29, 1.82) is 0 Å². The number of nitrogens with zero attached hydrogens (tertiary/aromatic N) is 2. The van der Waals surface area contributed by atoms with Crippen molar-refractivity contribution in [1.82, 2.24) is 9.55 Å². The largest absolute Gasteiger partial charge is 0.497 e. The van der Waals surface area contributed by atoms with Gasteiger partial charge in [-0.2, -0.15) is 0 Å². The molecule has 1 aromatic carbocycles. The van der Waals surface area contributed by atoms with Crippen molar-refractivity contribution in [3.05, 3.63) is 24.0 Å². The van der Waals surface area contributed by atoms with Gasteiger partial charge in [0.2, 0.25) is 0 Å². The van der Waals surface area contributed by atoms with Gasteiger partial charge in [0.1, 0.15) is 28.8 Å². The number of aromatic nitrogens is 2. The molecule has 2 rings (SSSR count). The highest BCUT2D eigenvalue weighted by Crippen LogP contribution is 2.36. The number of nitrogen functional groups attached to an aromatic ring is 1. The van der Waals surface area contributed by atoms with Crippen molar-refractivity contribution in [2.45, 2.75) is 33.2 Å². The summed E-state index contributed by atoms with van der Waals surface area (Å²) in [4.78, 5) is 4.70. The van der Waals surface area contributed by atoms with Gasteiger partial charge in [0.05, 0.1) is 14.2 Å². The van der Waals surface area contributed by atoms with Crippen LogP contribution in [0.5, 0.6) is 11.5 Å². The van der Waals surface area contributed by atoms with Crippen LogP contribution in [0.2, 0.25) is 0 Å². The van der Waals surface area contributed by atoms with E-state index in [9.17, 15) is 0 Å². The molecule has 0 aliphatic heterocycles. The molecule has 0 bridgehead atoms. The Bertz CT molecular complexity index is 620. The lowest BCUT2D eigenvalue weighted by Crippen LogP contribution is -2.06. The average molecular weight is 289 g/mol. The summed E-state index contributed by atoms with van der Waals surface area (Å²) in [5, 5.41) is 0. The number of benzene rings is 1. The predicted octanol–water partition coefficient (Wildman–Crippen LogP) is 3.12. The molecule has 0 saturated heterocycles. The molecule has 0 unspecified atom stereocenters. The van der Waals surface area contributed by atoms with E-state index >= 15 is 0 Å². The number of hydrogen-bond acceptors (Lipinski definition) is 4. The van der Waals surface area contributed by atoms with Crippen molar-refractivity contribution < 1.29 is 9.47 Å². The molecule has 1 aromatic heterocycles. The van der Waals surface area contributed by atoms with Gasteiger partial charge < -0.3 is 19.8 Å². The highest BCUT2D eigenvalue weighted by molar-refractivity contribution is 5.77. The Hall–Kier alpha value is -2.17. The van der Waals surface area contributed by atoms with E-state index in [1.807, 2.05) is 18.2 Å². The van der Waals surface area contributed by atoms with E-state index in [-0.39, 0.29) is 0 Å². The van der Waals surface area contributed by atoms with Crippen molar-refractivity contribution in [3.63, 3.8) is 0 Å². The highest BCUT2D eigenvalue weighted by Gasteiger charge is 2.18. The summed E-state index contributed by atoms with van der Waals surface area (Å²) in [5.74, 6) is 3.18. The zero-order chi connectivity index (χ0) is 15.4. The summed E-state index contributed by atoms with van der Waals surface area (Å²) >= 11 is 0. The molecule has 0 aliphatic rings. The van der Waals surface area contributed by atoms with Crippen LogP contribution in [-0.4, -0.2) is 23.8 Å². The van der Waals surface area contributed by atoms with Crippen LogP contribution in [-0.2, 0) is 13.0 Å². The van der Waals surface area contributed by atoms with Crippen LogP contribution in [0, 0.1) is 0 Å². The van der Waals surface area contributed by atoms with Crippen molar-refractivity contribution in [2.75, 3.05) is 20.0 Å². The van der Waals surface area contributed by atoms with Gasteiger partial charge in [-0.05, 0) is 24.6 Å². The van der Waals surface area contributed by atoms with Crippen LogP contribution in [0.1, 0.15) is 26.1 Å². The second-order valence-electron chi connectivity index (χ2n) is 4.83. The Balaban J connectivity index is 2.60. The normalized spacial score (nSPS) is 10.7. The molecule has 21 heavy (non-hydrogen) atoms. The van der Waals surface area contributed by atoms with E-state index < -0.39 is 0 Å². The second kappa shape index (κ2) is 6.52. The fourth-order valence-electron chi connectivity index (χ4n) is 2.45. The van der Waals surface area contributed by atoms with Gasteiger partial charge >= 0.3 is 0 Å². The van der Waals surface area contributed by atoms with Crippen LogP contribution < -0.4 is 15.2 Å².